The van der Waals surface area contributed by atoms with E-state index >= 15 is 0 Å². The Kier molecular flexibility index (Phi) is 11.8. The first-order valence-electron chi connectivity index (χ1n) is 13.3. The molecular formula is C34H41NO3. The summed E-state index contributed by atoms with van der Waals surface area (Å²) >= 11 is 0. The molecule has 0 radical (unpaired) electrons. The Morgan fingerprint density at radius 1 is 1.03 bits per heavy atom. The molecule has 0 unspecified atom stereocenters. The predicted octanol–water partition coefficient (Wildman–Crippen LogP) is 9.13. The molecule has 0 amide bonds. The molecule has 0 heterocycles. The van der Waals surface area contributed by atoms with E-state index in [1.54, 1.807) is 20.1 Å². The third kappa shape index (κ3) is 7.83. The summed E-state index contributed by atoms with van der Waals surface area (Å²) in [6.07, 6.45) is 10.2. The summed E-state index contributed by atoms with van der Waals surface area (Å²) in [7, 11) is 1.60. The van der Waals surface area contributed by atoms with Crippen LogP contribution in [0.1, 0.15) is 94.3 Å². The number of nitrogens with zero attached hydrogens (tertiary/aromatic N) is 1. The average Bonchev–Trinajstić information content (AvgIpc) is 2.91. The predicted molar refractivity (Wildman–Crippen MR) is 159 cm³/mol. The fraction of sp³-hybridized carbons (Fsp3) is 0.353. The SMILES string of the molecule is C=C(/C=C(\C)c1ccc(C(C)=O)cc1OC)/C(C)=C(\C=C/C)c1ccc(OC(CCC)CCC)c(C#N)c1. The monoisotopic (exact) mass is 511 g/mol. The summed E-state index contributed by atoms with van der Waals surface area (Å²) in [6.45, 7) is 16.2. The van der Waals surface area contributed by atoms with Crippen LogP contribution in [-0.4, -0.2) is 19.0 Å². The third-order valence-electron chi connectivity index (χ3n) is 6.57. The van der Waals surface area contributed by atoms with Crippen LogP contribution in [0.25, 0.3) is 11.1 Å². The van der Waals surface area contributed by atoms with Gasteiger partial charge in [0.1, 0.15) is 17.6 Å². The molecule has 0 N–H and O–H groups in total. The normalized spacial score (nSPS) is 12.3. The summed E-state index contributed by atoms with van der Waals surface area (Å²) < 4.78 is 11.8. The molecule has 2 rings (SSSR count). The minimum atomic E-state index is -0.00457. The van der Waals surface area contributed by atoms with Crippen LogP contribution in [0.3, 0.4) is 0 Å². The Bertz CT molecular complexity index is 1280. The Morgan fingerprint density at radius 3 is 2.24 bits per heavy atom. The van der Waals surface area contributed by atoms with Gasteiger partial charge in [-0.25, -0.2) is 0 Å². The number of ketones is 1. The Morgan fingerprint density at radius 2 is 1.68 bits per heavy atom. The van der Waals surface area contributed by atoms with Crippen molar-refractivity contribution in [2.24, 2.45) is 0 Å². The highest BCUT2D eigenvalue weighted by Gasteiger charge is 2.15. The number of carbonyl (C=O) groups excluding carboxylic acids is 1. The van der Waals surface area contributed by atoms with Gasteiger partial charge in [-0.2, -0.15) is 5.26 Å². The number of nitriles is 1. The topological polar surface area (TPSA) is 59.3 Å². The molecule has 0 atom stereocenters. The summed E-state index contributed by atoms with van der Waals surface area (Å²) in [5, 5.41) is 9.90. The number of carbonyl (C=O) groups is 1. The number of benzene rings is 2. The molecule has 0 saturated heterocycles. The minimum Gasteiger partial charge on any atom is -0.496 e. The van der Waals surface area contributed by atoms with Crippen LogP contribution in [0.2, 0.25) is 0 Å². The molecule has 4 nitrogen and oxygen atoms in total. The molecule has 0 aliphatic heterocycles. The average molecular weight is 512 g/mol. The number of rotatable bonds is 13. The second-order valence-corrected chi connectivity index (χ2v) is 9.50. The fourth-order valence-corrected chi connectivity index (χ4v) is 4.43. The summed E-state index contributed by atoms with van der Waals surface area (Å²) in [6, 6.07) is 13.6. The molecule has 0 fully saturated rings. The highest BCUT2D eigenvalue weighted by Crippen LogP contribution is 2.33. The zero-order chi connectivity index (χ0) is 28.2. The number of ether oxygens (including phenoxy) is 2. The van der Waals surface area contributed by atoms with Gasteiger partial charge in [-0.15, -0.1) is 0 Å². The molecule has 0 bridgehead atoms. The Hall–Kier alpha value is -3.84. The maximum absolute atomic E-state index is 11.8. The van der Waals surface area contributed by atoms with Crippen molar-refractivity contribution in [1.29, 1.82) is 5.26 Å². The van der Waals surface area contributed by atoms with E-state index in [2.05, 4.69) is 26.5 Å². The maximum atomic E-state index is 11.8. The van der Waals surface area contributed by atoms with Crippen molar-refractivity contribution in [3.05, 3.63) is 94.6 Å². The largest absolute Gasteiger partial charge is 0.496 e. The smallest absolute Gasteiger partial charge is 0.159 e. The molecule has 0 aromatic heterocycles. The van der Waals surface area contributed by atoms with Crippen molar-refractivity contribution < 1.29 is 14.3 Å². The quantitative estimate of drug-likeness (QED) is 0.199. The van der Waals surface area contributed by atoms with E-state index in [0.717, 1.165) is 59.1 Å². The lowest BCUT2D eigenvalue weighted by Gasteiger charge is -2.19. The van der Waals surface area contributed by atoms with Gasteiger partial charge in [0, 0.05) is 11.1 Å². The second-order valence-electron chi connectivity index (χ2n) is 9.50. The van der Waals surface area contributed by atoms with Crippen LogP contribution in [0.5, 0.6) is 11.5 Å². The van der Waals surface area contributed by atoms with Crippen LogP contribution in [0.4, 0.5) is 0 Å². The zero-order valence-electron chi connectivity index (χ0n) is 24.0. The van der Waals surface area contributed by atoms with E-state index < -0.39 is 0 Å². The summed E-state index contributed by atoms with van der Waals surface area (Å²) in [5.74, 6) is 1.28. The zero-order valence-corrected chi connectivity index (χ0v) is 24.0. The number of allylic oxidation sites excluding steroid dienone is 7. The van der Waals surface area contributed by atoms with Gasteiger partial charge in [0.05, 0.1) is 18.8 Å². The van der Waals surface area contributed by atoms with E-state index in [1.165, 1.54) is 0 Å². The van der Waals surface area contributed by atoms with Crippen molar-refractivity contribution in [3.8, 4) is 17.6 Å². The molecule has 0 aliphatic rings. The summed E-state index contributed by atoms with van der Waals surface area (Å²) in [4.78, 5) is 11.8. The number of hydrogen-bond donors (Lipinski definition) is 0. The minimum absolute atomic E-state index is 0.00457. The lowest BCUT2D eigenvalue weighted by molar-refractivity contribution is 0.101. The van der Waals surface area contributed by atoms with Crippen LogP contribution in [-0.2, 0) is 0 Å². The first kappa shape index (κ1) is 30.4. The van der Waals surface area contributed by atoms with Crippen molar-refractivity contribution in [2.45, 2.75) is 73.3 Å². The number of Topliss-reactive ketones (excluding diaryl/α,β-unsaturated/α-hetero) is 1. The van der Waals surface area contributed by atoms with Crippen LogP contribution in [0.15, 0.2) is 72.4 Å². The van der Waals surface area contributed by atoms with Gasteiger partial charge in [0.25, 0.3) is 0 Å². The van der Waals surface area contributed by atoms with Crippen LogP contribution in [0, 0.1) is 11.3 Å². The molecule has 0 saturated carbocycles. The number of hydrogen-bond acceptors (Lipinski definition) is 4. The number of methoxy groups -OCH3 is 1. The van der Waals surface area contributed by atoms with Crippen LogP contribution >= 0.6 is 0 Å². The first-order chi connectivity index (χ1) is 18.2. The molecule has 0 aliphatic carbocycles. The van der Waals surface area contributed by atoms with Gasteiger partial charge in [0.15, 0.2) is 5.78 Å². The first-order valence-corrected chi connectivity index (χ1v) is 13.3. The molecule has 200 valence electrons. The van der Waals surface area contributed by atoms with E-state index in [4.69, 9.17) is 9.47 Å². The highest BCUT2D eigenvalue weighted by atomic mass is 16.5. The van der Waals surface area contributed by atoms with Gasteiger partial charge < -0.3 is 9.47 Å². The highest BCUT2D eigenvalue weighted by molar-refractivity contribution is 5.95. The third-order valence-corrected chi connectivity index (χ3v) is 6.57. The van der Waals surface area contributed by atoms with Gasteiger partial charge in [-0.3, -0.25) is 4.79 Å². The molecule has 0 spiro atoms. The van der Waals surface area contributed by atoms with E-state index in [9.17, 15) is 10.1 Å². The van der Waals surface area contributed by atoms with Crippen molar-refractivity contribution in [3.63, 3.8) is 0 Å². The van der Waals surface area contributed by atoms with Crippen molar-refractivity contribution >= 4 is 16.9 Å². The lowest BCUT2D eigenvalue weighted by Crippen LogP contribution is -2.16. The molecule has 2 aromatic rings. The maximum Gasteiger partial charge on any atom is 0.159 e. The van der Waals surface area contributed by atoms with Gasteiger partial charge >= 0.3 is 0 Å². The lowest BCUT2D eigenvalue weighted by atomic mass is 9.92. The van der Waals surface area contributed by atoms with Gasteiger partial charge in [-0.05, 0) is 86.6 Å². The Balaban J connectivity index is 2.48. The van der Waals surface area contributed by atoms with Gasteiger partial charge in [-0.1, -0.05) is 69.7 Å². The van der Waals surface area contributed by atoms with E-state index in [1.807, 2.05) is 69.3 Å². The molecule has 2 aromatic carbocycles. The van der Waals surface area contributed by atoms with Crippen LogP contribution < -0.4 is 9.47 Å². The standard InChI is InChI=1S/C34H41NO3/c1-9-12-30(13-10-2)38-33-18-16-28(20-29(33)22-35)32(14-11-3)25(6)23(4)19-24(5)31-17-15-27(26(7)36)21-34(31)37-8/h11,14-21,30H,4,9-10,12-13H2,1-3,5-8H3/b14-11-,24-19+,32-25+. The molecule has 38 heavy (non-hydrogen) atoms. The Labute approximate surface area is 229 Å². The molecular weight excluding hydrogens is 470 g/mol. The van der Waals surface area contributed by atoms with Crippen molar-refractivity contribution in [2.75, 3.05) is 7.11 Å². The van der Waals surface area contributed by atoms with E-state index in [-0.39, 0.29) is 11.9 Å². The molecule has 4 heteroatoms. The summed E-state index contributed by atoms with van der Waals surface area (Å²) in [5.41, 5.74) is 6.78. The van der Waals surface area contributed by atoms with E-state index in [0.29, 0.717) is 22.6 Å². The fourth-order valence-electron chi connectivity index (χ4n) is 4.43. The second kappa shape index (κ2) is 14.8. The van der Waals surface area contributed by atoms with Gasteiger partial charge in [0.2, 0.25) is 0 Å². The van der Waals surface area contributed by atoms with Crippen molar-refractivity contribution in [1.82, 2.24) is 0 Å².